The van der Waals surface area contributed by atoms with Crippen LogP contribution >= 0.6 is 0 Å². The van der Waals surface area contributed by atoms with Crippen molar-refractivity contribution < 1.29 is 23.8 Å². The summed E-state index contributed by atoms with van der Waals surface area (Å²) in [6.45, 7) is 3.50. The van der Waals surface area contributed by atoms with Crippen molar-refractivity contribution in [3.8, 4) is 5.75 Å². The summed E-state index contributed by atoms with van der Waals surface area (Å²) in [4.78, 5) is 27.9. The summed E-state index contributed by atoms with van der Waals surface area (Å²) in [7, 11) is 0. The SMILES string of the molecule is CCOc1ccccc1C(=O)C1CC2COCC(C1)N2C(=O)OCc1ccccc1. The molecule has 158 valence electrons. The van der Waals surface area contributed by atoms with E-state index < -0.39 is 0 Å². The number of rotatable bonds is 6. The number of amides is 1. The van der Waals surface area contributed by atoms with E-state index in [1.807, 2.05) is 61.5 Å². The van der Waals surface area contributed by atoms with Gasteiger partial charge in [0.25, 0.3) is 0 Å². The molecular formula is C24H27NO5. The second-order valence-corrected chi connectivity index (χ2v) is 7.75. The quantitative estimate of drug-likeness (QED) is 0.673. The molecular weight excluding hydrogens is 382 g/mol. The Morgan fingerprint density at radius 3 is 2.37 bits per heavy atom. The first-order chi connectivity index (χ1) is 14.7. The van der Waals surface area contributed by atoms with Crippen LogP contribution in [0.3, 0.4) is 0 Å². The Morgan fingerprint density at radius 1 is 1.00 bits per heavy atom. The van der Waals surface area contributed by atoms with Gasteiger partial charge in [-0.15, -0.1) is 0 Å². The number of hydrogen-bond acceptors (Lipinski definition) is 5. The maximum atomic E-state index is 13.3. The van der Waals surface area contributed by atoms with Crippen molar-refractivity contribution in [1.29, 1.82) is 0 Å². The highest BCUT2D eigenvalue weighted by Gasteiger charge is 2.44. The number of nitrogens with zero attached hydrogens (tertiary/aromatic N) is 1. The molecule has 30 heavy (non-hydrogen) atoms. The molecule has 2 aromatic carbocycles. The van der Waals surface area contributed by atoms with Crippen molar-refractivity contribution in [2.45, 2.75) is 38.5 Å². The van der Waals surface area contributed by atoms with E-state index in [2.05, 4.69) is 0 Å². The van der Waals surface area contributed by atoms with Gasteiger partial charge >= 0.3 is 6.09 Å². The van der Waals surface area contributed by atoms with Crippen LogP contribution in [0.25, 0.3) is 0 Å². The summed E-state index contributed by atoms with van der Waals surface area (Å²) in [6.07, 6.45) is 0.796. The Labute approximate surface area is 176 Å². The number of carbonyl (C=O) groups is 2. The van der Waals surface area contributed by atoms with Gasteiger partial charge in [0.15, 0.2) is 5.78 Å². The van der Waals surface area contributed by atoms with Gasteiger partial charge < -0.3 is 14.2 Å². The number of benzene rings is 2. The fourth-order valence-corrected chi connectivity index (χ4v) is 4.39. The lowest BCUT2D eigenvalue weighted by Gasteiger charge is -2.47. The van der Waals surface area contributed by atoms with Crippen LogP contribution in [0.2, 0.25) is 0 Å². The molecule has 2 heterocycles. The molecule has 4 rings (SSSR count). The normalized spacial score (nSPS) is 23.0. The van der Waals surface area contributed by atoms with E-state index in [1.54, 1.807) is 4.90 Å². The Hall–Kier alpha value is -2.86. The molecule has 0 N–H and O–H groups in total. The monoisotopic (exact) mass is 409 g/mol. The third-order valence-corrected chi connectivity index (χ3v) is 5.76. The third kappa shape index (κ3) is 4.33. The number of piperidine rings is 1. The second kappa shape index (κ2) is 9.30. The van der Waals surface area contributed by atoms with E-state index in [-0.39, 0.29) is 36.5 Å². The van der Waals surface area contributed by atoms with Crippen molar-refractivity contribution in [2.24, 2.45) is 5.92 Å². The summed E-state index contributed by atoms with van der Waals surface area (Å²) < 4.78 is 16.9. The van der Waals surface area contributed by atoms with E-state index in [0.717, 1.165) is 5.56 Å². The maximum absolute atomic E-state index is 13.3. The van der Waals surface area contributed by atoms with Crippen LogP contribution in [0.1, 0.15) is 35.7 Å². The number of fused-ring (bicyclic) bond motifs is 2. The first-order valence-corrected chi connectivity index (χ1v) is 10.5. The minimum Gasteiger partial charge on any atom is -0.493 e. The van der Waals surface area contributed by atoms with Gasteiger partial charge in [0.2, 0.25) is 0 Å². The van der Waals surface area contributed by atoms with Crippen molar-refractivity contribution in [2.75, 3.05) is 19.8 Å². The van der Waals surface area contributed by atoms with Crippen LogP contribution in [0.15, 0.2) is 54.6 Å². The zero-order valence-corrected chi connectivity index (χ0v) is 17.2. The molecule has 6 nitrogen and oxygen atoms in total. The van der Waals surface area contributed by atoms with Gasteiger partial charge in [-0.25, -0.2) is 4.79 Å². The zero-order chi connectivity index (χ0) is 20.9. The molecule has 2 aliphatic heterocycles. The number of ether oxygens (including phenoxy) is 3. The van der Waals surface area contributed by atoms with Gasteiger partial charge in [0.05, 0.1) is 37.5 Å². The summed E-state index contributed by atoms with van der Waals surface area (Å²) in [5.41, 5.74) is 1.56. The molecule has 2 unspecified atom stereocenters. The second-order valence-electron chi connectivity index (χ2n) is 7.75. The fraction of sp³-hybridized carbons (Fsp3) is 0.417. The number of para-hydroxylation sites is 1. The average molecular weight is 409 g/mol. The van der Waals surface area contributed by atoms with E-state index in [1.165, 1.54) is 0 Å². The van der Waals surface area contributed by atoms with Crippen molar-refractivity contribution in [3.63, 3.8) is 0 Å². The first kappa shape index (κ1) is 20.4. The molecule has 1 amide bonds. The minimum absolute atomic E-state index is 0.0771. The van der Waals surface area contributed by atoms with E-state index in [4.69, 9.17) is 14.2 Å². The lowest BCUT2D eigenvalue weighted by molar-refractivity contribution is -0.0755. The van der Waals surface area contributed by atoms with Crippen LogP contribution in [0.5, 0.6) is 5.75 Å². The lowest BCUT2D eigenvalue weighted by Crippen LogP contribution is -2.59. The average Bonchev–Trinajstić information content (AvgIpc) is 2.77. The van der Waals surface area contributed by atoms with Crippen molar-refractivity contribution in [1.82, 2.24) is 4.90 Å². The molecule has 0 saturated carbocycles. The van der Waals surface area contributed by atoms with Crippen LogP contribution in [-0.2, 0) is 16.1 Å². The van der Waals surface area contributed by atoms with E-state index >= 15 is 0 Å². The molecule has 0 spiro atoms. The minimum atomic E-state index is -0.335. The van der Waals surface area contributed by atoms with Gasteiger partial charge in [0.1, 0.15) is 12.4 Å². The zero-order valence-electron chi connectivity index (χ0n) is 17.2. The fourth-order valence-electron chi connectivity index (χ4n) is 4.39. The number of Topliss-reactive ketones (excluding diaryl/α,β-unsaturated/α-hetero) is 1. The number of ketones is 1. The highest BCUT2D eigenvalue weighted by Crippen LogP contribution is 2.35. The lowest BCUT2D eigenvalue weighted by atomic mass is 9.80. The van der Waals surface area contributed by atoms with E-state index in [0.29, 0.717) is 44.0 Å². The summed E-state index contributed by atoms with van der Waals surface area (Å²) in [5.74, 6) is 0.535. The van der Waals surface area contributed by atoms with Gasteiger partial charge in [-0.05, 0) is 37.5 Å². The highest BCUT2D eigenvalue weighted by molar-refractivity contribution is 6.00. The molecule has 2 bridgehead atoms. The highest BCUT2D eigenvalue weighted by atomic mass is 16.6. The Kier molecular flexibility index (Phi) is 6.33. The van der Waals surface area contributed by atoms with Crippen LogP contribution in [0.4, 0.5) is 4.79 Å². The van der Waals surface area contributed by atoms with E-state index in [9.17, 15) is 9.59 Å². The third-order valence-electron chi connectivity index (χ3n) is 5.76. The van der Waals surface area contributed by atoms with Gasteiger partial charge in [-0.2, -0.15) is 0 Å². The number of carbonyl (C=O) groups excluding carboxylic acids is 2. The molecule has 0 aliphatic carbocycles. The van der Waals surface area contributed by atoms with Crippen molar-refractivity contribution >= 4 is 11.9 Å². The maximum Gasteiger partial charge on any atom is 0.410 e. The topological polar surface area (TPSA) is 65.1 Å². The largest absolute Gasteiger partial charge is 0.493 e. The van der Waals surface area contributed by atoms with Crippen LogP contribution in [0, 0.1) is 5.92 Å². The molecule has 0 radical (unpaired) electrons. The molecule has 2 atom stereocenters. The molecule has 2 saturated heterocycles. The molecule has 2 aromatic rings. The summed E-state index contributed by atoms with van der Waals surface area (Å²) in [6, 6.07) is 16.7. The standard InChI is InChI=1S/C24H27NO5/c1-2-29-22-11-7-6-10-21(22)23(26)18-12-19-15-28-16-20(13-18)25(19)24(27)30-14-17-8-4-3-5-9-17/h3-11,18-20H,2,12-16H2,1H3. The Bertz CT molecular complexity index is 870. The summed E-state index contributed by atoms with van der Waals surface area (Å²) in [5, 5.41) is 0. The smallest absolute Gasteiger partial charge is 0.410 e. The van der Waals surface area contributed by atoms with Gasteiger partial charge in [-0.1, -0.05) is 42.5 Å². The van der Waals surface area contributed by atoms with Crippen molar-refractivity contribution in [3.05, 3.63) is 65.7 Å². The Balaban J connectivity index is 1.44. The molecule has 6 heteroatoms. The predicted molar refractivity (Wildman–Crippen MR) is 112 cm³/mol. The van der Waals surface area contributed by atoms with Crippen LogP contribution in [-0.4, -0.2) is 48.7 Å². The predicted octanol–water partition coefficient (Wildman–Crippen LogP) is 4.08. The Morgan fingerprint density at radius 2 is 1.67 bits per heavy atom. The number of hydrogen-bond donors (Lipinski definition) is 0. The summed E-state index contributed by atoms with van der Waals surface area (Å²) >= 11 is 0. The van der Waals surface area contributed by atoms with Crippen LogP contribution < -0.4 is 4.74 Å². The molecule has 2 fully saturated rings. The molecule has 2 aliphatic rings. The first-order valence-electron chi connectivity index (χ1n) is 10.5. The van der Waals surface area contributed by atoms with Gasteiger partial charge in [-0.3, -0.25) is 9.69 Å². The molecule has 0 aromatic heterocycles. The van der Waals surface area contributed by atoms with Gasteiger partial charge in [0, 0.05) is 5.92 Å². The number of morpholine rings is 1.